The number of rotatable bonds is 6. The Bertz CT molecular complexity index is 633. The van der Waals surface area contributed by atoms with Gasteiger partial charge in [0.2, 0.25) is 5.82 Å². The third-order valence-electron chi connectivity index (χ3n) is 3.03. The van der Waals surface area contributed by atoms with Gasteiger partial charge >= 0.3 is 5.69 Å². The maximum Gasteiger partial charge on any atom is 0.307 e. The van der Waals surface area contributed by atoms with Crippen LogP contribution in [-0.2, 0) is 6.42 Å². The van der Waals surface area contributed by atoms with Crippen molar-refractivity contribution in [2.24, 2.45) is 0 Å². The monoisotopic (exact) mass is 292 g/mol. The molecule has 0 amide bonds. The van der Waals surface area contributed by atoms with Gasteiger partial charge in [-0.1, -0.05) is 30.3 Å². The Labute approximate surface area is 120 Å². The first-order valence-electron chi connectivity index (χ1n) is 6.49. The van der Waals surface area contributed by atoms with Gasteiger partial charge in [-0.3, -0.25) is 10.1 Å². The zero-order valence-electron chi connectivity index (χ0n) is 11.2. The van der Waals surface area contributed by atoms with Crippen LogP contribution < -0.4 is 5.32 Å². The Morgan fingerprint density at radius 3 is 2.48 bits per heavy atom. The predicted molar refractivity (Wildman–Crippen MR) is 76.3 cm³/mol. The van der Waals surface area contributed by atoms with Gasteiger partial charge in [-0.15, -0.1) is 0 Å². The van der Waals surface area contributed by atoms with Crippen LogP contribution >= 0.6 is 0 Å². The molecule has 0 heterocycles. The van der Waals surface area contributed by atoms with E-state index in [1.807, 2.05) is 30.3 Å². The second-order valence-corrected chi connectivity index (χ2v) is 4.56. The van der Waals surface area contributed by atoms with Gasteiger partial charge < -0.3 is 5.32 Å². The molecular weight excluding hydrogens is 278 g/mol. The van der Waals surface area contributed by atoms with Crippen LogP contribution in [-0.4, -0.2) is 11.5 Å². The minimum atomic E-state index is -1.17. The number of benzene rings is 2. The van der Waals surface area contributed by atoms with Crippen molar-refractivity contribution in [3.63, 3.8) is 0 Å². The maximum atomic E-state index is 13.5. The van der Waals surface area contributed by atoms with E-state index in [1.54, 1.807) is 0 Å². The van der Waals surface area contributed by atoms with E-state index in [0.717, 1.165) is 24.5 Å². The Balaban J connectivity index is 1.94. The lowest BCUT2D eigenvalue weighted by Gasteiger charge is -2.08. The first-order chi connectivity index (χ1) is 10.1. The lowest BCUT2D eigenvalue weighted by atomic mass is 10.1. The van der Waals surface area contributed by atoms with E-state index in [1.165, 1.54) is 0 Å². The van der Waals surface area contributed by atoms with Crippen LogP contribution in [0.4, 0.5) is 20.2 Å². The Morgan fingerprint density at radius 2 is 1.81 bits per heavy atom. The van der Waals surface area contributed by atoms with Crippen LogP contribution in [0, 0.1) is 21.7 Å². The van der Waals surface area contributed by atoms with E-state index in [4.69, 9.17) is 0 Å². The average Bonchev–Trinajstić information content (AvgIpc) is 2.46. The average molecular weight is 292 g/mol. The molecule has 0 aliphatic rings. The predicted octanol–water partition coefficient (Wildman–Crippen LogP) is 3.92. The molecule has 1 N–H and O–H groups in total. The van der Waals surface area contributed by atoms with E-state index in [9.17, 15) is 18.9 Å². The highest BCUT2D eigenvalue weighted by Gasteiger charge is 2.18. The number of nitro groups is 1. The van der Waals surface area contributed by atoms with Crippen LogP contribution in [0.1, 0.15) is 12.0 Å². The quantitative estimate of drug-likeness (QED) is 0.499. The van der Waals surface area contributed by atoms with Crippen molar-refractivity contribution in [1.29, 1.82) is 0 Å². The van der Waals surface area contributed by atoms with Gasteiger partial charge in [0, 0.05) is 18.7 Å². The normalized spacial score (nSPS) is 10.4. The summed E-state index contributed by atoms with van der Waals surface area (Å²) in [6.45, 7) is 0.439. The second kappa shape index (κ2) is 6.78. The number of halogens is 2. The summed E-state index contributed by atoms with van der Waals surface area (Å²) >= 11 is 0. The fourth-order valence-corrected chi connectivity index (χ4v) is 1.97. The SMILES string of the molecule is O=[N+]([O-])c1cc(NCCCc2ccccc2)c(F)cc1F. The molecule has 0 fully saturated rings. The summed E-state index contributed by atoms with van der Waals surface area (Å²) in [6, 6.07) is 11.2. The molecule has 0 spiro atoms. The van der Waals surface area contributed by atoms with E-state index >= 15 is 0 Å². The molecule has 0 saturated carbocycles. The van der Waals surface area contributed by atoms with Crippen molar-refractivity contribution in [2.45, 2.75) is 12.8 Å². The number of nitrogens with zero attached hydrogens (tertiary/aromatic N) is 1. The highest BCUT2D eigenvalue weighted by molar-refractivity contribution is 5.53. The zero-order valence-corrected chi connectivity index (χ0v) is 11.2. The summed E-state index contributed by atoms with van der Waals surface area (Å²) in [5.74, 6) is -2.01. The highest BCUT2D eigenvalue weighted by atomic mass is 19.1. The minimum absolute atomic E-state index is 0.0591. The molecule has 21 heavy (non-hydrogen) atoms. The van der Waals surface area contributed by atoms with Crippen molar-refractivity contribution in [3.05, 3.63) is 69.8 Å². The van der Waals surface area contributed by atoms with Crippen molar-refractivity contribution in [3.8, 4) is 0 Å². The van der Waals surface area contributed by atoms with Gasteiger partial charge in [-0.2, -0.15) is 4.39 Å². The van der Waals surface area contributed by atoms with E-state index < -0.39 is 22.2 Å². The van der Waals surface area contributed by atoms with Crippen molar-refractivity contribution < 1.29 is 13.7 Å². The van der Waals surface area contributed by atoms with Crippen molar-refractivity contribution in [1.82, 2.24) is 0 Å². The molecule has 110 valence electrons. The summed E-state index contributed by atoms with van der Waals surface area (Å²) in [5.41, 5.74) is 0.364. The summed E-state index contributed by atoms with van der Waals surface area (Å²) in [6.07, 6.45) is 1.54. The van der Waals surface area contributed by atoms with Gasteiger partial charge in [-0.25, -0.2) is 4.39 Å². The van der Waals surface area contributed by atoms with Crippen LogP contribution in [0.5, 0.6) is 0 Å². The molecule has 2 rings (SSSR count). The van der Waals surface area contributed by atoms with E-state index in [0.29, 0.717) is 12.6 Å². The van der Waals surface area contributed by atoms with Gasteiger partial charge in [0.25, 0.3) is 0 Å². The molecular formula is C15H14F2N2O2. The molecule has 0 aromatic heterocycles. The Morgan fingerprint density at radius 1 is 1.10 bits per heavy atom. The smallest absolute Gasteiger partial charge is 0.307 e. The van der Waals surface area contributed by atoms with Crippen LogP contribution in [0.25, 0.3) is 0 Å². The lowest BCUT2D eigenvalue weighted by molar-refractivity contribution is -0.387. The fraction of sp³-hybridized carbons (Fsp3) is 0.200. The largest absolute Gasteiger partial charge is 0.382 e. The number of nitrogens with one attached hydrogen (secondary N) is 1. The van der Waals surface area contributed by atoms with E-state index in [-0.39, 0.29) is 5.69 Å². The second-order valence-electron chi connectivity index (χ2n) is 4.56. The summed E-state index contributed by atoms with van der Waals surface area (Å²) in [5, 5.41) is 13.4. The van der Waals surface area contributed by atoms with Gasteiger partial charge in [0.1, 0.15) is 5.82 Å². The number of anilines is 1. The Hall–Kier alpha value is -2.50. The number of hydrogen-bond acceptors (Lipinski definition) is 3. The molecule has 0 bridgehead atoms. The summed E-state index contributed by atoms with van der Waals surface area (Å²) in [7, 11) is 0. The van der Waals surface area contributed by atoms with Crippen molar-refractivity contribution in [2.75, 3.05) is 11.9 Å². The van der Waals surface area contributed by atoms with Crippen LogP contribution in [0.15, 0.2) is 42.5 Å². The molecule has 0 aliphatic heterocycles. The third kappa shape index (κ3) is 3.98. The third-order valence-corrected chi connectivity index (χ3v) is 3.03. The topological polar surface area (TPSA) is 55.2 Å². The first-order valence-corrected chi connectivity index (χ1v) is 6.49. The molecule has 0 unspecified atom stereocenters. The summed E-state index contributed by atoms with van der Waals surface area (Å²) < 4.78 is 26.7. The summed E-state index contributed by atoms with van der Waals surface area (Å²) in [4.78, 5) is 9.74. The van der Waals surface area contributed by atoms with E-state index in [2.05, 4.69) is 5.32 Å². The van der Waals surface area contributed by atoms with Gasteiger partial charge in [0.05, 0.1) is 10.6 Å². The molecule has 6 heteroatoms. The number of hydrogen-bond donors (Lipinski definition) is 1. The molecule has 0 radical (unpaired) electrons. The van der Waals surface area contributed by atoms with Crippen molar-refractivity contribution >= 4 is 11.4 Å². The zero-order chi connectivity index (χ0) is 15.2. The molecule has 0 atom stereocenters. The Kier molecular flexibility index (Phi) is 4.81. The molecule has 0 saturated heterocycles. The molecule has 4 nitrogen and oxygen atoms in total. The first kappa shape index (κ1) is 14.9. The van der Waals surface area contributed by atoms with Gasteiger partial charge in [-0.05, 0) is 18.4 Å². The molecule has 2 aromatic carbocycles. The van der Waals surface area contributed by atoms with Crippen LogP contribution in [0.3, 0.4) is 0 Å². The number of aryl methyl sites for hydroxylation is 1. The minimum Gasteiger partial charge on any atom is -0.382 e. The molecule has 0 aliphatic carbocycles. The van der Waals surface area contributed by atoms with Crippen LogP contribution in [0.2, 0.25) is 0 Å². The lowest BCUT2D eigenvalue weighted by Crippen LogP contribution is -2.06. The standard InChI is InChI=1S/C15H14F2N2O2/c16-12-9-13(17)15(19(20)21)10-14(12)18-8-4-7-11-5-2-1-3-6-11/h1-3,5-6,9-10,18H,4,7-8H2. The highest BCUT2D eigenvalue weighted by Crippen LogP contribution is 2.25. The van der Waals surface area contributed by atoms with Gasteiger partial charge in [0.15, 0.2) is 0 Å². The maximum absolute atomic E-state index is 13.5. The fourth-order valence-electron chi connectivity index (χ4n) is 1.97. The molecule has 2 aromatic rings. The number of nitro benzene ring substituents is 1.